The lowest BCUT2D eigenvalue weighted by atomic mass is 9.97. The van der Waals surface area contributed by atoms with Crippen LogP contribution in [-0.4, -0.2) is 32.8 Å². The van der Waals surface area contributed by atoms with E-state index in [2.05, 4.69) is 15.9 Å². The lowest BCUT2D eigenvalue weighted by molar-refractivity contribution is -0.194. The lowest BCUT2D eigenvalue weighted by Crippen LogP contribution is -2.54. The van der Waals surface area contributed by atoms with Crippen LogP contribution >= 0.6 is 15.9 Å². The summed E-state index contributed by atoms with van der Waals surface area (Å²) in [5.74, 6) is -5.79. The normalized spacial score (nSPS) is 16.6. The standard InChI is InChI=1S/C14H15BrO6/c1-6-4-10-11(8(3)9(6)5-7(2)15)21-14(20-10,12(16)17)13(18)19/h4,7H,5H2,1-3H3,(H,16,17)(H,18,19)/t7-/m1/s1. The van der Waals surface area contributed by atoms with Crippen molar-refractivity contribution in [2.45, 2.75) is 37.8 Å². The molecule has 1 heterocycles. The number of alkyl halides is 1. The van der Waals surface area contributed by atoms with Crippen molar-refractivity contribution in [3.8, 4) is 11.5 Å². The molecular weight excluding hydrogens is 344 g/mol. The second-order valence-corrected chi connectivity index (χ2v) is 6.60. The Labute approximate surface area is 129 Å². The van der Waals surface area contributed by atoms with E-state index >= 15 is 0 Å². The molecule has 0 radical (unpaired) electrons. The third-order valence-corrected chi connectivity index (χ3v) is 3.71. The van der Waals surface area contributed by atoms with Gasteiger partial charge in [-0.3, -0.25) is 0 Å². The van der Waals surface area contributed by atoms with Crippen molar-refractivity contribution in [1.29, 1.82) is 0 Å². The highest BCUT2D eigenvalue weighted by Gasteiger charge is 2.58. The second-order valence-electron chi connectivity index (χ2n) is 5.04. The van der Waals surface area contributed by atoms with Crippen LogP contribution in [0.1, 0.15) is 23.6 Å². The first kappa shape index (κ1) is 15.6. The van der Waals surface area contributed by atoms with E-state index in [4.69, 9.17) is 19.7 Å². The number of carboxylic acids is 2. The number of benzene rings is 1. The SMILES string of the molecule is Cc1cc2c(c(C)c1C[C@@H](C)Br)OC(C(=O)O)(C(=O)O)O2. The molecule has 1 atom stereocenters. The summed E-state index contributed by atoms with van der Waals surface area (Å²) < 4.78 is 10.3. The van der Waals surface area contributed by atoms with Crippen LogP contribution in [0.3, 0.4) is 0 Å². The summed E-state index contributed by atoms with van der Waals surface area (Å²) in [5.41, 5.74) is 2.57. The predicted molar refractivity (Wildman–Crippen MR) is 77.3 cm³/mol. The molecule has 1 aliphatic rings. The zero-order valence-corrected chi connectivity index (χ0v) is 13.4. The number of carbonyl (C=O) groups is 2. The summed E-state index contributed by atoms with van der Waals surface area (Å²) >= 11 is 3.47. The van der Waals surface area contributed by atoms with Gasteiger partial charge in [0.15, 0.2) is 11.5 Å². The molecule has 21 heavy (non-hydrogen) atoms. The molecule has 0 saturated carbocycles. The Morgan fingerprint density at radius 3 is 2.33 bits per heavy atom. The predicted octanol–water partition coefficient (Wildman–Crippen LogP) is 2.27. The van der Waals surface area contributed by atoms with Crippen LogP contribution < -0.4 is 9.47 Å². The Hall–Kier alpha value is -1.76. The van der Waals surface area contributed by atoms with Crippen LogP contribution in [0.2, 0.25) is 0 Å². The van der Waals surface area contributed by atoms with E-state index < -0.39 is 17.7 Å². The van der Waals surface area contributed by atoms with Crippen molar-refractivity contribution in [2.24, 2.45) is 0 Å². The average Bonchev–Trinajstić information content (AvgIpc) is 2.75. The van der Waals surface area contributed by atoms with Gasteiger partial charge in [-0.2, -0.15) is 0 Å². The zero-order chi connectivity index (χ0) is 15.9. The fraction of sp³-hybridized carbons (Fsp3) is 0.429. The molecule has 0 aliphatic carbocycles. The monoisotopic (exact) mass is 358 g/mol. The Kier molecular flexibility index (Phi) is 3.88. The maximum absolute atomic E-state index is 11.3. The number of carboxylic acid groups (broad SMARTS) is 2. The van der Waals surface area contributed by atoms with Gasteiger partial charge < -0.3 is 19.7 Å². The molecule has 0 saturated heterocycles. The third kappa shape index (κ3) is 2.46. The number of hydrogen-bond donors (Lipinski definition) is 2. The first-order valence-corrected chi connectivity index (χ1v) is 7.22. The van der Waals surface area contributed by atoms with Crippen LogP contribution in [0.15, 0.2) is 6.07 Å². The quantitative estimate of drug-likeness (QED) is 0.633. The Bertz CT molecular complexity index is 608. The van der Waals surface area contributed by atoms with Gasteiger partial charge in [-0.25, -0.2) is 9.59 Å². The highest BCUT2D eigenvalue weighted by Crippen LogP contribution is 2.45. The molecule has 1 aromatic carbocycles. The van der Waals surface area contributed by atoms with Crippen molar-refractivity contribution in [1.82, 2.24) is 0 Å². The molecular formula is C14H15BrO6. The molecule has 0 unspecified atom stereocenters. The number of aryl methyl sites for hydroxylation is 1. The van der Waals surface area contributed by atoms with Gasteiger partial charge in [-0.15, -0.1) is 0 Å². The summed E-state index contributed by atoms with van der Waals surface area (Å²) in [6.07, 6.45) is 0.710. The van der Waals surface area contributed by atoms with Crippen LogP contribution in [-0.2, 0) is 16.0 Å². The van der Waals surface area contributed by atoms with E-state index in [1.807, 2.05) is 13.8 Å². The van der Waals surface area contributed by atoms with Gasteiger partial charge in [0.25, 0.3) is 0 Å². The van der Waals surface area contributed by atoms with Gasteiger partial charge in [0.05, 0.1) is 0 Å². The van der Waals surface area contributed by atoms with Gasteiger partial charge >= 0.3 is 17.7 Å². The zero-order valence-electron chi connectivity index (χ0n) is 11.8. The van der Waals surface area contributed by atoms with Crippen molar-refractivity contribution in [3.63, 3.8) is 0 Å². The molecule has 0 bridgehead atoms. The molecule has 2 N–H and O–H groups in total. The van der Waals surface area contributed by atoms with Gasteiger partial charge in [0, 0.05) is 4.83 Å². The minimum Gasteiger partial charge on any atom is -0.475 e. The largest absolute Gasteiger partial charge is 0.475 e. The van der Waals surface area contributed by atoms with Gasteiger partial charge in [-0.1, -0.05) is 22.9 Å². The minimum atomic E-state index is -2.71. The van der Waals surface area contributed by atoms with E-state index in [9.17, 15) is 9.59 Å². The Balaban J connectivity index is 2.53. The summed E-state index contributed by atoms with van der Waals surface area (Å²) in [6, 6.07) is 1.61. The molecule has 0 amide bonds. The Morgan fingerprint density at radius 2 is 1.86 bits per heavy atom. The van der Waals surface area contributed by atoms with Crippen molar-refractivity contribution < 1.29 is 29.3 Å². The molecule has 2 rings (SSSR count). The fourth-order valence-electron chi connectivity index (χ4n) is 2.35. The minimum absolute atomic E-state index is 0.140. The highest BCUT2D eigenvalue weighted by atomic mass is 79.9. The summed E-state index contributed by atoms with van der Waals surface area (Å²) in [5, 5.41) is 18.3. The van der Waals surface area contributed by atoms with Gasteiger partial charge in [0.2, 0.25) is 0 Å². The van der Waals surface area contributed by atoms with E-state index in [1.54, 1.807) is 13.0 Å². The van der Waals surface area contributed by atoms with Crippen LogP contribution in [0.5, 0.6) is 11.5 Å². The maximum Gasteiger partial charge on any atom is 0.453 e. The molecule has 114 valence electrons. The number of aliphatic carboxylic acids is 2. The Morgan fingerprint density at radius 1 is 1.29 bits per heavy atom. The molecule has 0 aromatic heterocycles. The number of rotatable bonds is 4. The lowest BCUT2D eigenvalue weighted by Gasteiger charge is -2.17. The smallest absolute Gasteiger partial charge is 0.453 e. The first-order valence-electron chi connectivity index (χ1n) is 6.31. The fourth-order valence-corrected chi connectivity index (χ4v) is 2.67. The number of halogens is 1. The van der Waals surface area contributed by atoms with Crippen molar-refractivity contribution >= 4 is 27.9 Å². The molecule has 6 nitrogen and oxygen atoms in total. The average molecular weight is 359 g/mol. The molecule has 1 aromatic rings. The van der Waals surface area contributed by atoms with Crippen molar-refractivity contribution in [2.75, 3.05) is 0 Å². The molecule has 0 fully saturated rings. The third-order valence-electron chi connectivity index (χ3n) is 3.39. The molecule has 7 heteroatoms. The van der Waals surface area contributed by atoms with E-state index in [1.165, 1.54) is 0 Å². The topological polar surface area (TPSA) is 93.1 Å². The van der Waals surface area contributed by atoms with E-state index in [-0.39, 0.29) is 16.3 Å². The molecule has 1 aliphatic heterocycles. The second kappa shape index (κ2) is 5.22. The van der Waals surface area contributed by atoms with Crippen LogP contribution in [0, 0.1) is 13.8 Å². The highest BCUT2D eigenvalue weighted by molar-refractivity contribution is 9.09. The van der Waals surface area contributed by atoms with E-state index in [0.29, 0.717) is 12.0 Å². The summed E-state index contributed by atoms with van der Waals surface area (Å²) in [4.78, 5) is 22.7. The number of fused-ring (bicyclic) bond motifs is 1. The van der Waals surface area contributed by atoms with Gasteiger partial charge in [-0.05, 0) is 43.0 Å². The van der Waals surface area contributed by atoms with Gasteiger partial charge in [0.1, 0.15) is 0 Å². The van der Waals surface area contributed by atoms with Crippen molar-refractivity contribution in [3.05, 3.63) is 22.8 Å². The molecule has 0 spiro atoms. The van der Waals surface area contributed by atoms with Crippen LogP contribution in [0.4, 0.5) is 0 Å². The number of ether oxygens (including phenoxy) is 2. The number of hydrogen-bond acceptors (Lipinski definition) is 4. The van der Waals surface area contributed by atoms with Crippen LogP contribution in [0.25, 0.3) is 0 Å². The summed E-state index contributed by atoms with van der Waals surface area (Å²) in [7, 11) is 0. The summed E-state index contributed by atoms with van der Waals surface area (Å²) in [6.45, 7) is 5.62. The van der Waals surface area contributed by atoms with E-state index in [0.717, 1.165) is 11.1 Å². The maximum atomic E-state index is 11.3. The first-order chi connectivity index (χ1) is 9.69.